The van der Waals surface area contributed by atoms with E-state index in [2.05, 4.69) is 10.1 Å². The number of halogens is 1. The lowest BCUT2D eigenvalue weighted by atomic mass is 10.3. The summed E-state index contributed by atoms with van der Waals surface area (Å²) in [4.78, 5) is 14.9. The van der Waals surface area contributed by atoms with Gasteiger partial charge in [-0.2, -0.15) is 10.4 Å². The second-order valence-electron chi connectivity index (χ2n) is 3.49. The Hall–Kier alpha value is -2.39. The lowest BCUT2D eigenvalue weighted by Crippen LogP contribution is -2.00. The summed E-state index contributed by atoms with van der Waals surface area (Å²) in [6.45, 7) is 1.57. The van der Waals surface area contributed by atoms with Crippen molar-refractivity contribution in [1.82, 2.24) is 14.8 Å². The van der Waals surface area contributed by atoms with E-state index in [0.717, 1.165) is 0 Å². The fourth-order valence-electron chi connectivity index (χ4n) is 1.46. The van der Waals surface area contributed by atoms with Crippen LogP contribution in [0.3, 0.4) is 0 Å². The van der Waals surface area contributed by atoms with Crippen LogP contribution in [0.15, 0.2) is 18.5 Å². The van der Waals surface area contributed by atoms with E-state index in [9.17, 15) is 4.79 Å². The Kier molecular flexibility index (Phi) is 3.00. The van der Waals surface area contributed by atoms with Crippen molar-refractivity contribution >= 4 is 17.6 Å². The Labute approximate surface area is 107 Å². The zero-order chi connectivity index (χ0) is 13.3. The minimum atomic E-state index is -1.08. The van der Waals surface area contributed by atoms with E-state index in [4.69, 9.17) is 22.0 Å². The Bertz CT molecular complexity index is 672. The molecule has 6 nitrogen and oxygen atoms in total. The summed E-state index contributed by atoms with van der Waals surface area (Å²) in [6, 6.07) is 3.39. The van der Waals surface area contributed by atoms with Crippen LogP contribution in [0.4, 0.5) is 0 Å². The number of nitriles is 1. The molecule has 0 radical (unpaired) electrons. The molecule has 0 saturated heterocycles. The van der Waals surface area contributed by atoms with Gasteiger partial charge in [-0.15, -0.1) is 0 Å². The number of hydrogen-bond acceptors (Lipinski definition) is 4. The fraction of sp³-hybridized carbons (Fsp3) is 0.0909. The molecular weight excluding hydrogens is 256 g/mol. The zero-order valence-corrected chi connectivity index (χ0v) is 10.0. The third-order valence-corrected chi connectivity index (χ3v) is 2.71. The Morgan fingerprint density at radius 3 is 2.89 bits per heavy atom. The van der Waals surface area contributed by atoms with Crippen LogP contribution in [-0.2, 0) is 0 Å². The highest BCUT2D eigenvalue weighted by atomic mass is 35.5. The average molecular weight is 263 g/mol. The molecular formula is C11H7ClN4O2. The third-order valence-electron chi connectivity index (χ3n) is 2.34. The van der Waals surface area contributed by atoms with Crippen LogP contribution in [0.2, 0.25) is 5.02 Å². The first-order chi connectivity index (χ1) is 8.54. The van der Waals surface area contributed by atoms with Crippen molar-refractivity contribution in [3.63, 3.8) is 0 Å². The van der Waals surface area contributed by atoms with E-state index < -0.39 is 5.97 Å². The number of carboxylic acids is 1. The van der Waals surface area contributed by atoms with Crippen molar-refractivity contribution in [3.8, 4) is 11.9 Å². The molecule has 0 atom stereocenters. The second kappa shape index (κ2) is 4.47. The first kappa shape index (κ1) is 12.1. The van der Waals surface area contributed by atoms with Crippen molar-refractivity contribution < 1.29 is 9.90 Å². The molecule has 0 aliphatic carbocycles. The van der Waals surface area contributed by atoms with Crippen LogP contribution < -0.4 is 0 Å². The van der Waals surface area contributed by atoms with Crippen molar-refractivity contribution in [2.45, 2.75) is 6.92 Å². The van der Waals surface area contributed by atoms with Crippen molar-refractivity contribution in [2.24, 2.45) is 0 Å². The van der Waals surface area contributed by atoms with Crippen molar-refractivity contribution in [1.29, 1.82) is 5.26 Å². The van der Waals surface area contributed by atoms with Gasteiger partial charge in [-0.05, 0) is 13.0 Å². The number of carboxylic acid groups (broad SMARTS) is 1. The summed E-state index contributed by atoms with van der Waals surface area (Å²) in [6.07, 6.45) is 2.73. The molecule has 2 aromatic heterocycles. The van der Waals surface area contributed by atoms with Crippen LogP contribution >= 0.6 is 11.6 Å². The van der Waals surface area contributed by atoms with Gasteiger partial charge in [0.15, 0.2) is 5.82 Å². The summed E-state index contributed by atoms with van der Waals surface area (Å²) in [7, 11) is 0. The minimum Gasteiger partial charge on any atom is -0.478 e. The molecule has 7 heteroatoms. The predicted molar refractivity (Wildman–Crippen MR) is 62.8 cm³/mol. The molecule has 1 N–H and O–H groups in total. The zero-order valence-electron chi connectivity index (χ0n) is 9.25. The number of aromatic nitrogens is 3. The lowest BCUT2D eigenvalue weighted by Gasteiger charge is -2.03. The lowest BCUT2D eigenvalue weighted by molar-refractivity contribution is 0.0696. The monoisotopic (exact) mass is 262 g/mol. The first-order valence-electron chi connectivity index (χ1n) is 4.89. The maximum atomic E-state index is 10.9. The molecule has 0 aliphatic heterocycles. The van der Waals surface area contributed by atoms with Crippen molar-refractivity contribution in [2.75, 3.05) is 0 Å². The van der Waals surface area contributed by atoms with Gasteiger partial charge in [0.25, 0.3) is 0 Å². The molecule has 0 fully saturated rings. The van der Waals surface area contributed by atoms with Crippen LogP contribution in [0, 0.1) is 18.3 Å². The summed E-state index contributed by atoms with van der Waals surface area (Å²) in [5, 5.41) is 21.9. The first-order valence-corrected chi connectivity index (χ1v) is 5.27. The van der Waals surface area contributed by atoms with E-state index in [-0.39, 0.29) is 22.0 Å². The SMILES string of the molecule is Cc1nn(-c2nccc(C#N)c2Cl)cc1C(=O)O. The number of aryl methyl sites for hydroxylation is 1. The van der Waals surface area contributed by atoms with Crippen LogP contribution in [0.25, 0.3) is 5.82 Å². The maximum absolute atomic E-state index is 10.9. The molecule has 0 aliphatic rings. The van der Waals surface area contributed by atoms with Gasteiger partial charge in [0.1, 0.15) is 16.7 Å². The van der Waals surface area contributed by atoms with Gasteiger partial charge in [0.2, 0.25) is 0 Å². The summed E-state index contributed by atoms with van der Waals surface area (Å²) in [5.74, 6) is -0.849. The number of pyridine rings is 1. The maximum Gasteiger partial charge on any atom is 0.339 e. The molecule has 2 rings (SSSR count). The Balaban J connectivity index is 2.60. The van der Waals surface area contributed by atoms with E-state index in [1.807, 2.05) is 6.07 Å². The number of aromatic carboxylic acids is 1. The Morgan fingerprint density at radius 1 is 1.61 bits per heavy atom. The van der Waals surface area contributed by atoms with Crippen molar-refractivity contribution in [3.05, 3.63) is 40.3 Å². The van der Waals surface area contributed by atoms with Gasteiger partial charge < -0.3 is 5.11 Å². The van der Waals surface area contributed by atoms with Gasteiger partial charge in [0.05, 0.1) is 11.3 Å². The highest BCUT2D eigenvalue weighted by molar-refractivity contribution is 6.33. The third kappa shape index (κ3) is 1.92. The highest BCUT2D eigenvalue weighted by Gasteiger charge is 2.16. The van der Waals surface area contributed by atoms with Gasteiger partial charge in [-0.25, -0.2) is 14.5 Å². The normalized spacial score (nSPS) is 10.1. The number of hydrogen-bond donors (Lipinski definition) is 1. The quantitative estimate of drug-likeness (QED) is 0.891. The van der Waals surface area contributed by atoms with Crippen LogP contribution in [0.1, 0.15) is 21.6 Å². The van der Waals surface area contributed by atoms with Crippen LogP contribution in [0.5, 0.6) is 0 Å². The number of carbonyl (C=O) groups is 1. The molecule has 2 aromatic rings. The standard InChI is InChI=1S/C11H7ClN4O2/c1-6-8(11(17)18)5-16(15-6)10-9(12)7(4-13)2-3-14-10/h2-3,5H,1H3,(H,17,18). The molecule has 0 saturated carbocycles. The van der Waals surface area contributed by atoms with Gasteiger partial charge >= 0.3 is 5.97 Å². The predicted octanol–water partition coefficient (Wildman–Crippen LogP) is 1.80. The minimum absolute atomic E-state index is 0.0650. The number of rotatable bonds is 2. The Morgan fingerprint density at radius 2 is 2.33 bits per heavy atom. The molecule has 18 heavy (non-hydrogen) atoms. The van der Waals surface area contributed by atoms with E-state index in [1.54, 1.807) is 6.92 Å². The largest absolute Gasteiger partial charge is 0.478 e. The molecule has 2 heterocycles. The summed E-state index contributed by atoms with van der Waals surface area (Å²) >= 11 is 5.99. The summed E-state index contributed by atoms with van der Waals surface area (Å²) < 4.78 is 1.25. The number of nitrogens with zero attached hydrogens (tertiary/aromatic N) is 4. The molecule has 0 amide bonds. The topological polar surface area (TPSA) is 91.8 Å². The van der Waals surface area contributed by atoms with E-state index in [0.29, 0.717) is 5.69 Å². The van der Waals surface area contributed by atoms with E-state index >= 15 is 0 Å². The van der Waals surface area contributed by atoms with Crippen LogP contribution in [-0.4, -0.2) is 25.8 Å². The average Bonchev–Trinajstić information content (AvgIpc) is 2.71. The fourth-order valence-corrected chi connectivity index (χ4v) is 1.70. The van der Waals surface area contributed by atoms with E-state index in [1.165, 1.54) is 23.1 Å². The smallest absolute Gasteiger partial charge is 0.339 e. The van der Waals surface area contributed by atoms with Gasteiger partial charge in [-0.1, -0.05) is 11.6 Å². The summed E-state index contributed by atoms with van der Waals surface area (Å²) in [5.41, 5.74) is 0.671. The van der Waals surface area contributed by atoms with Gasteiger partial charge in [0, 0.05) is 12.4 Å². The molecule has 0 bridgehead atoms. The highest BCUT2D eigenvalue weighted by Crippen LogP contribution is 2.22. The molecule has 0 aromatic carbocycles. The molecule has 0 spiro atoms. The molecule has 0 unspecified atom stereocenters. The molecule has 90 valence electrons. The second-order valence-corrected chi connectivity index (χ2v) is 3.86. The van der Waals surface area contributed by atoms with Gasteiger partial charge in [-0.3, -0.25) is 0 Å².